The summed E-state index contributed by atoms with van der Waals surface area (Å²) in [4.78, 5) is 14.7. The third-order valence-corrected chi connectivity index (χ3v) is 11.6. The Morgan fingerprint density at radius 1 is 0.482 bits per heavy atom. The Hall–Kier alpha value is -8.07. The van der Waals surface area contributed by atoms with E-state index in [0.29, 0.717) is 11.1 Å². The molecule has 1 aliphatic heterocycles. The van der Waals surface area contributed by atoms with Gasteiger partial charge in [-0.2, -0.15) is 10.5 Å². The molecule has 1 spiro atoms. The molecule has 6 heterocycles. The minimum Gasteiger partial charge on any atom is -0.457 e. The van der Waals surface area contributed by atoms with Crippen molar-refractivity contribution in [2.45, 2.75) is 5.41 Å². The highest BCUT2D eigenvalue weighted by molar-refractivity contribution is 6.10. The molecule has 2 aliphatic rings. The zero-order valence-corrected chi connectivity index (χ0v) is 29.5. The smallest absolute Gasteiger partial charge is 0.134 e. The highest BCUT2D eigenvalue weighted by atomic mass is 16.5. The van der Waals surface area contributed by atoms with Crippen LogP contribution in [0.15, 0.2) is 152 Å². The van der Waals surface area contributed by atoms with Gasteiger partial charge in [0, 0.05) is 62.4 Å². The van der Waals surface area contributed by atoms with E-state index in [2.05, 4.69) is 80.9 Å². The molecule has 56 heavy (non-hydrogen) atoms. The molecule has 258 valence electrons. The first-order chi connectivity index (χ1) is 27.7. The molecule has 5 aromatic carbocycles. The van der Waals surface area contributed by atoms with Crippen LogP contribution in [0.2, 0.25) is 0 Å². The Labute approximate surface area is 319 Å². The van der Waals surface area contributed by atoms with Crippen molar-refractivity contribution in [3.05, 3.63) is 186 Å². The van der Waals surface area contributed by atoms with Crippen LogP contribution in [0.3, 0.4) is 0 Å². The molecule has 10 aromatic rings. The lowest BCUT2D eigenvalue weighted by Crippen LogP contribution is -2.32. The van der Waals surface area contributed by atoms with Crippen LogP contribution in [0.5, 0.6) is 11.5 Å². The number of pyridine rings is 3. The van der Waals surface area contributed by atoms with Gasteiger partial charge in [0.25, 0.3) is 0 Å². The lowest BCUT2D eigenvalue weighted by molar-refractivity contribution is 0.436. The molecule has 0 saturated heterocycles. The van der Waals surface area contributed by atoms with Gasteiger partial charge in [0.15, 0.2) is 0 Å². The summed E-state index contributed by atoms with van der Waals surface area (Å²) in [6.07, 6.45) is 7.43. The van der Waals surface area contributed by atoms with Gasteiger partial charge in [0.05, 0.1) is 80.2 Å². The number of rotatable bonds is 2. The molecule has 0 amide bonds. The Morgan fingerprint density at radius 3 is 1.98 bits per heavy atom. The van der Waals surface area contributed by atoms with E-state index in [4.69, 9.17) is 14.7 Å². The number of aromatic nitrogens is 5. The Morgan fingerprint density at radius 2 is 1.16 bits per heavy atom. The second-order valence-electron chi connectivity index (χ2n) is 14.3. The molecule has 0 N–H and O–H groups in total. The molecule has 0 radical (unpaired) electrons. The van der Waals surface area contributed by atoms with Gasteiger partial charge in [0.2, 0.25) is 0 Å². The summed E-state index contributed by atoms with van der Waals surface area (Å²) in [6.45, 7) is 0. The van der Waals surface area contributed by atoms with Crippen molar-refractivity contribution in [3.63, 3.8) is 0 Å². The molecule has 1 unspecified atom stereocenters. The molecular weight excluding hydrogens is 691 g/mol. The summed E-state index contributed by atoms with van der Waals surface area (Å²) in [5, 5.41) is 23.6. The lowest BCUT2D eigenvalue weighted by Gasteiger charge is -2.39. The predicted molar refractivity (Wildman–Crippen MR) is 215 cm³/mol. The van der Waals surface area contributed by atoms with Crippen LogP contribution in [-0.2, 0) is 5.41 Å². The first kappa shape index (κ1) is 30.4. The van der Waals surface area contributed by atoms with E-state index in [0.717, 1.165) is 100 Å². The third kappa shape index (κ3) is 3.81. The van der Waals surface area contributed by atoms with Crippen molar-refractivity contribution in [1.29, 1.82) is 10.5 Å². The monoisotopic (exact) mass is 715 g/mol. The van der Waals surface area contributed by atoms with E-state index >= 15 is 0 Å². The van der Waals surface area contributed by atoms with E-state index in [1.54, 1.807) is 6.20 Å². The van der Waals surface area contributed by atoms with Crippen molar-refractivity contribution in [2.24, 2.45) is 0 Å². The molecule has 8 nitrogen and oxygen atoms in total. The maximum atomic E-state index is 9.77. The van der Waals surface area contributed by atoms with Crippen LogP contribution in [-0.4, -0.2) is 24.1 Å². The van der Waals surface area contributed by atoms with Crippen molar-refractivity contribution in [3.8, 4) is 46.4 Å². The fraction of sp³-hybridized carbons (Fsp3) is 0.0208. The van der Waals surface area contributed by atoms with Crippen LogP contribution in [0.1, 0.15) is 33.4 Å². The van der Waals surface area contributed by atoms with Crippen LogP contribution < -0.4 is 4.74 Å². The molecular formula is C48H25N7O. The van der Waals surface area contributed by atoms with Gasteiger partial charge in [0.1, 0.15) is 11.5 Å². The first-order valence-corrected chi connectivity index (χ1v) is 18.3. The van der Waals surface area contributed by atoms with Gasteiger partial charge >= 0.3 is 0 Å². The molecule has 0 saturated carbocycles. The first-order valence-electron chi connectivity index (χ1n) is 18.3. The van der Waals surface area contributed by atoms with Crippen molar-refractivity contribution >= 4 is 43.6 Å². The highest BCUT2D eigenvalue weighted by Crippen LogP contribution is 2.61. The molecule has 8 heteroatoms. The van der Waals surface area contributed by atoms with Gasteiger partial charge < -0.3 is 13.9 Å². The number of fused-ring (bicyclic) bond motifs is 15. The molecule has 1 atom stereocenters. The summed E-state index contributed by atoms with van der Waals surface area (Å²) >= 11 is 0. The van der Waals surface area contributed by atoms with Crippen molar-refractivity contribution in [2.75, 3.05) is 0 Å². The van der Waals surface area contributed by atoms with Gasteiger partial charge in [-0.25, -0.2) is 0 Å². The predicted octanol–water partition coefficient (Wildman–Crippen LogP) is 10.3. The second kappa shape index (κ2) is 11.0. The zero-order chi connectivity index (χ0) is 37.1. The summed E-state index contributed by atoms with van der Waals surface area (Å²) in [6, 6.07) is 47.7. The molecule has 0 bridgehead atoms. The van der Waals surface area contributed by atoms with Crippen LogP contribution in [0.4, 0.5) is 0 Å². The number of hydrogen-bond donors (Lipinski definition) is 0. The SMILES string of the molecule is N#Cc1ccc2c(c1)c1ccccc1n2-c1cnc2c(c1)C1(c3ccccc3Oc3cc(-n4c5ccc(C#N)cc5c5ccncc54)ccc31)c1cccnc1-2. The van der Waals surface area contributed by atoms with E-state index < -0.39 is 5.41 Å². The molecule has 5 aromatic heterocycles. The lowest BCUT2D eigenvalue weighted by atomic mass is 9.66. The fourth-order valence-electron chi connectivity index (χ4n) is 9.38. The number of nitrogens with zero attached hydrogens (tertiary/aromatic N) is 7. The summed E-state index contributed by atoms with van der Waals surface area (Å²) in [5.41, 5.74) is 11.9. The minimum atomic E-state index is -0.804. The Balaban J connectivity index is 1.15. The van der Waals surface area contributed by atoms with E-state index in [9.17, 15) is 10.5 Å². The topological polar surface area (TPSA) is 105 Å². The minimum absolute atomic E-state index is 0.605. The zero-order valence-electron chi connectivity index (χ0n) is 29.5. The van der Waals surface area contributed by atoms with Crippen LogP contribution in [0.25, 0.3) is 66.4 Å². The number of nitriles is 2. The van der Waals surface area contributed by atoms with E-state index in [1.807, 2.05) is 91.4 Å². The van der Waals surface area contributed by atoms with Crippen LogP contribution >= 0.6 is 0 Å². The Kier molecular flexibility index (Phi) is 5.96. The number of hydrogen-bond acceptors (Lipinski definition) is 6. The van der Waals surface area contributed by atoms with Crippen molar-refractivity contribution in [1.82, 2.24) is 24.1 Å². The normalized spacial score (nSPS) is 15.0. The maximum Gasteiger partial charge on any atom is 0.134 e. The van der Waals surface area contributed by atoms with Crippen molar-refractivity contribution < 1.29 is 4.74 Å². The van der Waals surface area contributed by atoms with Gasteiger partial charge in [-0.1, -0.05) is 48.5 Å². The molecule has 12 rings (SSSR count). The number of ether oxygens (including phenoxy) is 1. The number of benzene rings is 5. The second-order valence-corrected chi connectivity index (χ2v) is 14.3. The molecule has 0 fully saturated rings. The number of para-hydroxylation sites is 2. The van der Waals surface area contributed by atoms with Crippen LogP contribution in [0, 0.1) is 22.7 Å². The van der Waals surface area contributed by atoms with E-state index in [1.165, 1.54) is 0 Å². The largest absolute Gasteiger partial charge is 0.457 e. The Bertz CT molecular complexity index is 3450. The van der Waals surface area contributed by atoms with E-state index in [-0.39, 0.29) is 0 Å². The molecule has 1 aliphatic carbocycles. The maximum absolute atomic E-state index is 9.77. The average molecular weight is 716 g/mol. The highest BCUT2D eigenvalue weighted by Gasteiger charge is 2.52. The average Bonchev–Trinajstić information content (AvgIpc) is 3.87. The standard InChI is InChI=1S/C48H25N7O/c49-24-28-12-16-42-34(20-28)32-6-1-3-9-40(32)55(42)31-22-39-47(53-26-31)46-38(8-5-18-52-46)48(39)36-7-2-4-10-44(36)56-45-23-30(13-14-37(45)48)54-41-15-11-29(25-50)21-35(41)33-17-19-51-27-43(33)54/h1-23,26-27H. The summed E-state index contributed by atoms with van der Waals surface area (Å²) < 4.78 is 11.3. The fourth-order valence-corrected chi connectivity index (χ4v) is 9.38. The third-order valence-electron chi connectivity index (χ3n) is 11.6. The van der Waals surface area contributed by atoms with Gasteiger partial charge in [-0.3, -0.25) is 15.0 Å². The summed E-state index contributed by atoms with van der Waals surface area (Å²) in [5.74, 6) is 1.48. The quantitative estimate of drug-likeness (QED) is 0.176. The van der Waals surface area contributed by atoms with Gasteiger partial charge in [-0.05, 0) is 78.4 Å². The van der Waals surface area contributed by atoms with Gasteiger partial charge in [-0.15, -0.1) is 0 Å². The summed E-state index contributed by atoms with van der Waals surface area (Å²) in [7, 11) is 0.